The van der Waals surface area contributed by atoms with Crippen molar-refractivity contribution in [1.82, 2.24) is 10.0 Å². The molecular weight excluding hydrogens is 338 g/mol. The van der Waals surface area contributed by atoms with Crippen molar-refractivity contribution in [3.8, 4) is 6.19 Å². The third kappa shape index (κ3) is 4.17. The number of aryl methyl sites for hydroxylation is 2. The summed E-state index contributed by atoms with van der Waals surface area (Å²) in [7, 11) is 0. The highest BCUT2D eigenvalue weighted by atomic mass is 16.2. The second-order valence-corrected chi connectivity index (χ2v) is 7.62. The van der Waals surface area contributed by atoms with Crippen molar-refractivity contribution in [2.24, 2.45) is 0 Å². The molecule has 5 heteroatoms. The van der Waals surface area contributed by atoms with Crippen LogP contribution in [0.3, 0.4) is 0 Å². The quantitative estimate of drug-likeness (QED) is 0.451. The SMILES string of the molecule is Cc1cccc(C(=O)N(N(C#N)C(=O)c2cccc(C)c2C)C(C)(C)C)c1. The van der Waals surface area contributed by atoms with Crippen LogP contribution in [0.2, 0.25) is 0 Å². The van der Waals surface area contributed by atoms with Crippen molar-refractivity contribution in [3.63, 3.8) is 0 Å². The number of hydrogen-bond acceptors (Lipinski definition) is 3. The van der Waals surface area contributed by atoms with Gasteiger partial charge in [0, 0.05) is 11.1 Å². The van der Waals surface area contributed by atoms with Gasteiger partial charge < -0.3 is 0 Å². The molecule has 2 aromatic carbocycles. The molecule has 2 aromatic rings. The number of benzene rings is 2. The molecule has 0 N–H and O–H groups in total. The Labute approximate surface area is 160 Å². The molecule has 0 aromatic heterocycles. The highest BCUT2D eigenvalue weighted by Crippen LogP contribution is 2.24. The van der Waals surface area contributed by atoms with E-state index in [1.165, 1.54) is 5.01 Å². The molecule has 0 saturated heterocycles. The lowest BCUT2D eigenvalue weighted by molar-refractivity contribution is -0.0167. The Morgan fingerprint density at radius 3 is 2.15 bits per heavy atom. The van der Waals surface area contributed by atoms with E-state index >= 15 is 0 Å². The summed E-state index contributed by atoms with van der Waals surface area (Å²) >= 11 is 0. The average Bonchev–Trinajstić information content (AvgIpc) is 2.59. The zero-order chi connectivity index (χ0) is 20.4. The summed E-state index contributed by atoms with van der Waals surface area (Å²) in [6.07, 6.45) is 1.91. The van der Waals surface area contributed by atoms with Gasteiger partial charge in [0.15, 0.2) is 0 Å². The minimum Gasteiger partial charge on any atom is -0.267 e. The fourth-order valence-corrected chi connectivity index (χ4v) is 2.87. The molecule has 0 unspecified atom stereocenters. The monoisotopic (exact) mass is 363 g/mol. The van der Waals surface area contributed by atoms with E-state index in [4.69, 9.17) is 0 Å². The highest BCUT2D eigenvalue weighted by molar-refractivity contribution is 6.01. The summed E-state index contributed by atoms with van der Waals surface area (Å²) in [4.78, 5) is 26.4. The zero-order valence-corrected chi connectivity index (χ0v) is 16.7. The van der Waals surface area contributed by atoms with Crippen LogP contribution in [0.5, 0.6) is 0 Å². The first-order valence-electron chi connectivity index (χ1n) is 8.79. The summed E-state index contributed by atoms with van der Waals surface area (Å²) < 4.78 is 0. The van der Waals surface area contributed by atoms with Gasteiger partial charge in [0.05, 0.1) is 5.54 Å². The number of rotatable bonds is 2. The van der Waals surface area contributed by atoms with E-state index in [1.807, 2.05) is 39.1 Å². The van der Waals surface area contributed by atoms with E-state index < -0.39 is 17.4 Å². The van der Waals surface area contributed by atoms with Gasteiger partial charge in [0.2, 0.25) is 6.19 Å². The fraction of sp³-hybridized carbons (Fsp3) is 0.318. The zero-order valence-electron chi connectivity index (χ0n) is 16.7. The lowest BCUT2D eigenvalue weighted by atomic mass is 10.0. The molecule has 0 fully saturated rings. The van der Waals surface area contributed by atoms with Crippen LogP contribution in [0.15, 0.2) is 42.5 Å². The summed E-state index contributed by atoms with van der Waals surface area (Å²) in [5.41, 5.74) is 2.73. The maximum Gasteiger partial charge on any atom is 0.286 e. The lowest BCUT2D eigenvalue weighted by Crippen LogP contribution is -2.56. The minimum atomic E-state index is -0.774. The maximum atomic E-state index is 13.2. The van der Waals surface area contributed by atoms with Crippen molar-refractivity contribution in [3.05, 3.63) is 70.3 Å². The van der Waals surface area contributed by atoms with Crippen molar-refractivity contribution < 1.29 is 9.59 Å². The topological polar surface area (TPSA) is 64.4 Å². The van der Waals surface area contributed by atoms with Gasteiger partial charge in [0.25, 0.3) is 11.8 Å². The summed E-state index contributed by atoms with van der Waals surface area (Å²) in [5, 5.41) is 11.9. The van der Waals surface area contributed by atoms with Crippen LogP contribution in [-0.2, 0) is 0 Å². The Balaban J connectivity index is 2.54. The van der Waals surface area contributed by atoms with Gasteiger partial charge in [-0.15, -0.1) is 5.01 Å². The predicted octanol–water partition coefficient (Wildman–Crippen LogP) is 4.39. The number of nitriles is 1. The van der Waals surface area contributed by atoms with E-state index in [9.17, 15) is 14.9 Å². The molecule has 5 nitrogen and oxygen atoms in total. The van der Waals surface area contributed by atoms with Gasteiger partial charge in [-0.3, -0.25) is 9.59 Å². The summed E-state index contributed by atoms with van der Waals surface area (Å²) in [6.45, 7) is 11.0. The van der Waals surface area contributed by atoms with Crippen LogP contribution in [-0.4, -0.2) is 27.4 Å². The number of amides is 2. The lowest BCUT2D eigenvalue weighted by Gasteiger charge is -2.39. The third-order valence-electron chi connectivity index (χ3n) is 4.41. The predicted molar refractivity (Wildman–Crippen MR) is 105 cm³/mol. The largest absolute Gasteiger partial charge is 0.286 e. The molecule has 0 bridgehead atoms. The number of hydrogen-bond donors (Lipinski definition) is 0. The molecule has 0 spiro atoms. The van der Waals surface area contributed by atoms with Gasteiger partial charge in [-0.1, -0.05) is 29.8 Å². The molecule has 0 aliphatic rings. The van der Waals surface area contributed by atoms with Gasteiger partial charge in [-0.2, -0.15) is 5.26 Å². The van der Waals surface area contributed by atoms with Crippen molar-refractivity contribution in [2.45, 2.75) is 47.1 Å². The van der Waals surface area contributed by atoms with Crippen molar-refractivity contribution >= 4 is 11.8 Å². The van der Waals surface area contributed by atoms with Crippen LogP contribution in [0.1, 0.15) is 58.2 Å². The molecule has 0 aliphatic heterocycles. The van der Waals surface area contributed by atoms with E-state index in [0.717, 1.165) is 21.7 Å². The Morgan fingerprint density at radius 2 is 1.59 bits per heavy atom. The normalized spacial score (nSPS) is 10.9. The molecule has 140 valence electrons. The van der Waals surface area contributed by atoms with Crippen LogP contribution >= 0.6 is 0 Å². The highest BCUT2D eigenvalue weighted by Gasteiger charge is 2.37. The minimum absolute atomic E-state index is 0.397. The van der Waals surface area contributed by atoms with Crippen molar-refractivity contribution in [1.29, 1.82) is 5.26 Å². The molecule has 2 rings (SSSR count). The van der Waals surface area contributed by atoms with Crippen LogP contribution in [0.25, 0.3) is 0 Å². The number of hydrazine groups is 1. The Morgan fingerprint density at radius 1 is 0.963 bits per heavy atom. The Kier molecular flexibility index (Phi) is 5.70. The Bertz CT molecular complexity index is 920. The molecule has 0 aliphatic carbocycles. The maximum absolute atomic E-state index is 13.2. The van der Waals surface area contributed by atoms with E-state index in [1.54, 1.807) is 51.1 Å². The molecule has 2 amide bonds. The molecule has 0 saturated carbocycles. The molecule has 0 heterocycles. The Hall–Kier alpha value is -3.13. The van der Waals surface area contributed by atoms with Gasteiger partial charge in [-0.05, 0) is 70.9 Å². The fourth-order valence-electron chi connectivity index (χ4n) is 2.87. The first-order valence-corrected chi connectivity index (χ1v) is 8.79. The standard InChI is InChI=1S/C22H25N3O2/c1-15-9-7-11-18(13-15)20(26)25(22(4,5)6)24(14-23)21(27)19-12-8-10-16(2)17(19)3/h7-13H,1-6H3. The first kappa shape index (κ1) is 20.2. The van der Waals surface area contributed by atoms with Gasteiger partial charge >= 0.3 is 0 Å². The van der Waals surface area contributed by atoms with E-state index in [0.29, 0.717) is 11.1 Å². The molecule has 0 radical (unpaired) electrons. The van der Waals surface area contributed by atoms with Gasteiger partial charge in [-0.25, -0.2) is 5.01 Å². The molecule has 27 heavy (non-hydrogen) atoms. The average molecular weight is 363 g/mol. The van der Waals surface area contributed by atoms with Crippen LogP contribution in [0, 0.1) is 32.2 Å². The summed E-state index contributed by atoms with van der Waals surface area (Å²) in [5.74, 6) is -0.916. The second kappa shape index (κ2) is 7.63. The van der Waals surface area contributed by atoms with E-state index in [2.05, 4.69) is 0 Å². The second-order valence-electron chi connectivity index (χ2n) is 7.62. The molecular formula is C22H25N3O2. The van der Waals surface area contributed by atoms with Crippen molar-refractivity contribution in [2.75, 3.05) is 0 Å². The van der Waals surface area contributed by atoms with E-state index in [-0.39, 0.29) is 0 Å². The number of carbonyl (C=O) groups is 2. The smallest absolute Gasteiger partial charge is 0.267 e. The van der Waals surface area contributed by atoms with Crippen LogP contribution < -0.4 is 0 Å². The number of carbonyl (C=O) groups excluding carboxylic acids is 2. The molecule has 0 atom stereocenters. The first-order chi connectivity index (χ1) is 12.6. The van der Waals surface area contributed by atoms with Crippen LogP contribution in [0.4, 0.5) is 0 Å². The number of nitrogens with zero attached hydrogens (tertiary/aromatic N) is 3. The van der Waals surface area contributed by atoms with Gasteiger partial charge in [0.1, 0.15) is 0 Å². The summed E-state index contributed by atoms with van der Waals surface area (Å²) in [6, 6.07) is 12.5. The third-order valence-corrected chi connectivity index (χ3v) is 4.41.